The van der Waals surface area contributed by atoms with Crippen LogP contribution in [0.15, 0.2) is 94.9 Å². The summed E-state index contributed by atoms with van der Waals surface area (Å²) in [5, 5.41) is 16.7. The number of aromatic nitrogens is 2. The minimum Gasteiger partial charge on any atom is -0.491 e. The molecule has 0 atom stereocenters. The fourth-order valence-corrected chi connectivity index (χ4v) is 5.18. The summed E-state index contributed by atoms with van der Waals surface area (Å²) in [4.78, 5) is 21.3. The Balaban J connectivity index is 1.29. The summed E-state index contributed by atoms with van der Waals surface area (Å²) in [6.07, 6.45) is 7.10. The van der Waals surface area contributed by atoms with Gasteiger partial charge in [-0.2, -0.15) is 15.1 Å². The number of carbonyl (C=O) groups excluding carboxylic acids is 1. The zero-order chi connectivity index (χ0) is 25.4. The Hall–Kier alpha value is -4.50. The lowest BCUT2D eigenvalue weighted by Gasteiger charge is -2.20. The molecule has 2 aromatic heterocycles. The van der Waals surface area contributed by atoms with Crippen molar-refractivity contribution in [1.82, 2.24) is 14.6 Å². The molecule has 0 fully saturated rings. The van der Waals surface area contributed by atoms with Crippen LogP contribution in [-0.4, -0.2) is 43.1 Å². The summed E-state index contributed by atoms with van der Waals surface area (Å²) < 4.78 is 8.11. The summed E-state index contributed by atoms with van der Waals surface area (Å²) in [6, 6.07) is 19.6. The van der Waals surface area contributed by atoms with Crippen LogP contribution >= 0.6 is 11.8 Å². The molecule has 8 nitrogen and oxygen atoms in total. The highest BCUT2D eigenvalue weighted by Gasteiger charge is 2.36. The van der Waals surface area contributed by atoms with Crippen molar-refractivity contribution in [3.63, 3.8) is 0 Å². The molecule has 4 heterocycles. The number of nitrogens with one attached hydrogen (secondary N) is 1. The Morgan fingerprint density at radius 2 is 1.92 bits per heavy atom. The van der Waals surface area contributed by atoms with Crippen LogP contribution < -0.4 is 4.74 Å². The number of hydrogen-bond donors (Lipinski definition) is 1. The third kappa shape index (κ3) is 4.34. The molecule has 6 rings (SSSR count). The number of carbonyl (C=O) groups is 1. The predicted octanol–water partition coefficient (Wildman–Crippen LogP) is 5.09. The number of thioether (sulfide) groups is 1. The minimum atomic E-state index is -0.453. The van der Waals surface area contributed by atoms with Crippen LogP contribution in [-0.2, 0) is 11.3 Å². The summed E-state index contributed by atoms with van der Waals surface area (Å²) in [5.74, 6) is 0.415. The second-order valence-electron chi connectivity index (χ2n) is 8.58. The molecule has 0 unspecified atom stereocenters. The number of pyridine rings is 1. The highest BCUT2D eigenvalue weighted by atomic mass is 32.2. The van der Waals surface area contributed by atoms with Crippen molar-refractivity contribution in [2.45, 2.75) is 13.5 Å². The number of hydrazone groups is 1. The van der Waals surface area contributed by atoms with Crippen molar-refractivity contribution in [2.75, 3.05) is 6.61 Å². The third-order valence-electron chi connectivity index (χ3n) is 6.17. The number of nitrogens with zero attached hydrogens (tertiary/aromatic N) is 5. The van der Waals surface area contributed by atoms with Crippen molar-refractivity contribution < 1.29 is 9.53 Å². The first-order valence-corrected chi connectivity index (χ1v) is 12.6. The van der Waals surface area contributed by atoms with E-state index in [0.717, 1.165) is 33.3 Å². The number of amides is 1. The SMILES string of the molecule is Cc1ccccc1OCCn1cc(/C=C2\C(=N)N3N=C(c4cccnc4)SC3=NC2=O)c2ccccc21. The van der Waals surface area contributed by atoms with Crippen LogP contribution in [0.1, 0.15) is 16.7 Å². The second kappa shape index (κ2) is 9.51. The normalized spacial score (nSPS) is 16.2. The van der Waals surface area contributed by atoms with Gasteiger partial charge in [-0.25, -0.2) is 0 Å². The molecule has 1 amide bonds. The molecule has 0 radical (unpaired) electrons. The van der Waals surface area contributed by atoms with Gasteiger partial charge in [0.25, 0.3) is 5.91 Å². The molecular formula is C28H22N6O2S. The summed E-state index contributed by atoms with van der Waals surface area (Å²) in [7, 11) is 0. The van der Waals surface area contributed by atoms with Crippen LogP contribution in [0.2, 0.25) is 0 Å². The third-order valence-corrected chi connectivity index (χ3v) is 7.12. The predicted molar refractivity (Wildman–Crippen MR) is 147 cm³/mol. The van der Waals surface area contributed by atoms with Gasteiger partial charge in [-0.05, 0) is 54.6 Å². The van der Waals surface area contributed by atoms with E-state index < -0.39 is 5.91 Å². The van der Waals surface area contributed by atoms with E-state index in [2.05, 4.69) is 19.6 Å². The van der Waals surface area contributed by atoms with Gasteiger partial charge >= 0.3 is 0 Å². The van der Waals surface area contributed by atoms with Gasteiger partial charge in [-0.15, -0.1) is 0 Å². The molecule has 1 N–H and O–H groups in total. The monoisotopic (exact) mass is 506 g/mol. The number of amidine groups is 2. The molecule has 9 heteroatoms. The van der Waals surface area contributed by atoms with E-state index in [4.69, 9.17) is 10.1 Å². The van der Waals surface area contributed by atoms with E-state index in [1.165, 1.54) is 16.8 Å². The van der Waals surface area contributed by atoms with Gasteiger partial charge in [0.05, 0.1) is 12.1 Å². The van der Waals surface area contributed by atoms with Crippen LogP contribution in [0.4, 0.5) is 0 Å². The van der Waals surface area contributed by atoms with Gasteiger partial charge < -0.3 is 9.30 Å². The highest BCUT2D eigenvalue weighted by molar-refractivity contribution is 8.27. The van der Waals surface area contributed by atoms with Crippen molar-refractivity contribution in [2.24, 2.45) is 10.1 Å². The maximum absolute atomic E-state index is 13.0. The maximum atomic E-state index is 13.0. The van der Waals surface area contributed by atoms with E-state index in [0.29, 0.717) is 23.4 Å². The second-order valence-corrected chi connectivity index (χ2v) is 9.53. The van der Waals surface area contributed by atoms with Crippen LogP contribution in [0.25, 0.3) is 17.0 Å². The van der Waals surface area contributed by atoms with E-state index in [-0.39, 0.29) is 11.4 Å². The molecule has 4 aromatic rings. The molecule has 2 aliphatic heterocycles. The molecule has 182 valence electrons. The molecule has 0 aliphatic carbocycles. The van der Waals surface area contributed by atoms with Crippen LogP contribution in [0.5, 0.6) is 5.75 Å². The van der Waals surface area contributed by atoms with E-state index in [1.54, 1.807) is 18.5 Å². The van der Waals surface area contributed by atoms with Crippen molar-refractivity contribution >= 4 is 50.7 Å². The number of fused-ring (bicyclic) bond motifs is 2. The van der Waals surface area contributed by atoms with Crippen LogP contribution in [0, 0.1) is 12.3 Å². The number of hydrogen-bond acceptors (Lipinski definition) is 6. The average molecular weight is 507 g/mol. The van der Waals surface area contributed by atoms with Crippen molar-refractivity contribution in [3.05, 3.63) is 102 Å². The minimum absolute atomic E-state index is 0.00103. The number of para-hydroxylation sites is 2. The van der Waals surface area contributed by atoms with E-state index in [9.17, 15) is 4.79 Å². The first kappa shape index (κ1) is 22.9. The summed E-state index contributed by atoms with van der Waals surface area (Å²) in [5.41, 5.74) is 3.96. The molecule has 0 bridgehead atoms. The van der Waals surface area contributed by atoms with Gasteiger partial charge in [0.15, 0.2) is 5.84 Å². The Kier molecular flexibility index (Phi) is 5.90. The van der Waals surface area contributed by atoms with Gasteiger partial charge in [-0.1, -0.05) is 36.4 Å². The highest BCUT2D eigenvalue weighted by Crippen LogP contribution is 2.32. The molecule has 0 saturated carbocycles. The van der Waals surface area contributed by atoms with Crippen LogP contribution in [0.3, 0.4) is 0 Å². The lowest BCUT2D eigenvalue weighted by Crippen LogP contribution is -2.35. The largest absolute Gasteiger partial charge is 0.491 e. The lowest BCUT2D eigenvalue weighted by atomic mass is 10.1. The number of aryl methyl sites for hydroxylation is 1. The summed E-state index contributed by atoms with van der Waals surface area (Å²) in [6.45, 7) is 3.16. The van der Waals surface area contributed by atoms with E-state index in [1.807, 2.05) is 73.8 Å². The molecule has 2 aliphatic rings. The molecular weight excluding hydrogens is 484 g/mol. The van der Waals surface area contributed by atoms with Crippen molar-refractivity contribution in [1.29, 1.82) is 5.41 Å². The first-order valence-electron chi connectivity index (χ1n) is 11.8. The fourth-order valence-electron chi connectivity index (χ4n) is 4.30. The van der Waals surface area contributed by atoms with Crippen molar-refractivity contribution in [3.8, 4) is 5.75 Å². The van der Waals surface area contributed by atoms with E-state index >= 15 is 0 Å². The van der Waals surface area contributed by atoms with Gasteiger partial charge in [0, 0.05) is 40.6 Å². The molecule has 0 saturated heterocycles. The zero-order valence-corrected chi connectivity index (χ0v) is 20.8. The Morgan fingerprint density at radius 1 is 1.08 bits per heavy atom. The fraction of sp³-hybridized carbons (Fsp3) is 0.107. The first-order chi connectivity index (χ1) is 18.1. The number of rotatable bonds is 6. The molecule has 37 heavy (non-hydrogen) atoms. The van der Waals surface area contributed by atoms with Gasteiger partial charge in [0.2, 0.25) is 5.17 Å². The number of aliphatic imine (C=N–C) groups is 1. The molecule has 0 spiro atoms. The Labute approximate surface area is 217 Å². The maximum Gasteiger partial charge on any atom is 0.283 e. The molecule has 2 aromatic carbocycles. The van der Waals surface area contributed by atoms with Gasteiger partial charge in [0.1, 0.15) is 17.4 Å². The average Bonchev–Trinajstić information content (AvgIpc) is 3.50. The smallest absolute Gasteiger partial charge is 0.283 e. The topological polar surface area (TPSA) is 95.9 Å². The Bertz CT molecular complexity index is 1640. The lowest BCUT2D eigenvalue weighted by molar-refractivity contribution is -0.114. The van der Waals surface area contributed by atoms with Gasteiger partial charge in [-0.3, -0.25) is 15.2 Å². The zero-order valence-electron chi connectivity index (χ0n) is 20.0. The quantitative estimate of drug-likeness (QED) is 0.368. The number of benzene rings is 2. The number of ether oxygens (including phenoxy) is 1. The Morgan fingerprint density at radius 3 is 2.76 bits per heavy atom. The summed E-state index contributed by atoms with van der Waals surface area (Å²) >= 11 is 1.26. The standard InChI is InChI=1S/C28H22N6O2S/c1-18-7-2-5-11-24(18)36-14-13-33-17-20(21-9-3-4-10-23(21)33)15-22-25(29)34-28(31-26(22)35)37-27(32-34)19-8-6-12-30-16-19/h2-12,15-17,29H,13-14H2,1H3/b22-15+,29-25?.